The molecule has 0 amide bonds. The Morgan fingerprint density at radius 2 is 1.32 bits per heavy atom. The minimum atomic E-state index is -4.66. The Morgan fingerprint density at radius 3 is 1.68 bits per heavy atom. The molecule has 0 spiro atoms. The summed E-state index contributed by atoms with van der Waals surface area (Å²) in [6.07, 6.45) is -4.66. The topological polar surface area (TPSA) is 21.3 Å². The van der Waals surface area contributed by atoms with Crippen molar-refractivity contribution < 1.29 is 18.0 Å². The summed E-state index contributed by atoms with van der Waals surface area (Å²) in [6, 6.07) is 18.1. The van der Waals surface area contributed by atoms with E-state index in [0.29, 0.717) is 0 Å². The first-order valence-electron chi connectivity index (χ1n) is 5.55. The highest BCUT2D eigenvalue weighted by atomic mass is 19.4. The standard InChI is InChI=1S/C7H6F3NO.C7H8/c8-7(9,10)12-11-6-4-2-1-3-5-6;1-7-5-3-2-4-6-7/h1-5,11H;2-6H,1H3. The number of hydrogen-bond acceptors (Lipinski definition) is 2. The summed E-state index contributed by atoms with van der Waals surface area (Å²) in [7, 11) is 0. The van der Waals surface area contributed by atoms with Gasteiger partial charge in [-0.1, -0.05) is 54.1 Å². The van der Waals surface area contributed by atoms with Crippen molar-refractivity contribution in [3.63, 3.8) is 0 Å². The molecule has 0 aliphatic carbocycles. The monoisotopic (exact) mass is 269 g/mol. The molecule has 0 heterocycles. The second-order valence-electron chi connectivity index (χ2n) is 3.67. The van der Waals surface area contributed by atoms with E-state index in [4.69, 9.17) is 0 Å². The predicted molar refractivity (Wildman–Crippen MR) is 68.4 cm³/mol. The minimum Gasteiger partial charge on any atom is -0.258 e. The van der Waals surface area contributed by atoms with Crippen LogP contribution in [0, 0.1) is 6.92 Å². The summed E-state index contributed by atoms with van der Waals surface area (Å²) < 4.78 is 34.4. The fraction of sp³-hybridized carbons (Fsp3) is 0.143. The molecule has 2 nitrogen and oxygen atoms in total. The van der Waals surface area contributed by atoms with Gasteiger partial charge in [-0.3, -0.25) is 5.48 Å². The van der Waals surface area contributed by atoms with Crippen molar-refractivity contribution in [3.8, 4) is 0 Å². The maximum atomic E-state index is 11.5. The van der Waals surface area contributed by atoms with Gasteiger partial charge in [0.2, 0.25) is 0 Å². The van der Waals surface area contributed by atoms with Gasteiger partial charge in [0.1, 0.15) is 0 Å². The average Bonchev–Trinajstić information content (AvgIpc) is 2.39. The average molecular weight is 269 g/mol. The molecule has 0 atom stereocenters. The van der Waals surface area contributed by atoms with Crippen molar-refractivity contribution in [1.82, 2.24) is 0 Å². The van der Waals surface area contributed by atoms with E-state index in [-0.39, 0.29) is 5.69 Å². The van der Waals surface area contributed by atoms with E-state index in [1.165, 1.54) is 17.7 Å². The molecule has 102 valence electrons. The van der Waals surface area contributed by atoms with Crippen LogP contribution in [0.3, 0.4) is 0 Å². The molecule has 0 saturated heterocycles. The number of hydrogen-bond donors (Lipinski definition) is 1. The van der Waals surface area contributed by atoms with Gasteiger partial charge >= 0.3 is 6.36 Å². The molecule has 0 fully saturated rings. The fourth-order valence-corrected chi connectivity index (χ4v) is 1.16. The van der Waals surface area contributed by atoms with Gasteiger partial charge in [0.25, 0.3) is 0 Å². The number of para-hydroxylation sites is 1. The van der Waals surface area contributed by atoms with Crippen LogP contribution in [0.4, 0.5) is 18.9 Å². The molecule has 0 radical (unpaired) electrons. The first kappa shape index (κ1) is 15.0. The molecule has 2 aromatic rings. The van der Waals surface area contributed by atoms with Crippen LogP contribution in [0.15, 0.2) is 60.7 Å². The van der Waals surface area contributed by atoms with E-state index >= 15 is 0 Å². The zero-order valence-corrected chi connectivity index (χ0v) is 10.3. The molecule has 0 bridgehead atoms. The van der Waals surface area contributed by atoms with Crippen molar-refractivity contribution >= 4 is 5.69 Å². The van der Waals surface area contributed by atoms with Gasteiger partial charge in [-0.2, -0.15) is 4.84 Å². The number of benzene rings is 2. The lowest BCUT2D eigenvalue weighted by Gasteiger charge is -2.08. The first-order valence-corrected chi connectivity index (χ1v) is 5.55. The molecule has 0 aliphatic heterocycles. The second-order valence-corrected chi connectivity index (χ2v) is 3.67. The van der Waals surface area contributed by atoms with Gasteiger partial charge in [0.05, 0.1) is 5.69 Å². The smallest absolute Gasteiger partial charge is 0.258 e. The maximum absolute atomic E-state index is 11.5. The van der Waals surface area contributed by atoms with E-state index in [1.54, 1.807) is 23.7 Å². The van der Waals surface area contributed by atoms with Crippen LogP contribution in [-0.2, 0) is 4.84 Å². The molecular formula is C14H14F3NO. The number of alkyl halides is 3. The zero-order valence-electron chi connectivity index (χ0n) is 10.3. The van der Waals surface area contributed by atoms with Gasteiger partial charge < -0.3 is 0 Å². The fourth-order valence-electron chi connectivity index (χ4n) is 1.16. The van der Waals surface area contributed by atoms with Crippen molar-refractivity contribution in [3.05, 3.63) is 66.2 Å². The van der Waals surface area contributed by atoms with E-state index < -0.39 is 6.36 Å². The number of nitrogens with one attached hydrogen (secondary N) is 1. The molecule has 0 unspecified atom stereocenters. The Morgan fingerprint density at radius 1 is 0.842 bits per heavy atom. The predicted octanol–water partition coefficient (Wildman–Crippen LogP) is 4.54. The summed E-state index contributed by atoms with van der Waals surface area (Å²) in [5, 5.41) is 0. The zero-order chi connectivity index (χ0) is 14.1. The molecule has 2 rings (SSSR count). The van der Waals surface area contributed by atoms with Crippen molar-refractivity contribution in [2.45, 2.75) is 13.3 Å². The highest BCUT2D eigenvalue weighted by Gasteiger charge is 2.29. The van der Waals surface area contributed by atoms with Crippen LogP contribution < -0.4 is 5.48 Å². The summed E-state index contributed by atoms with van der Waals surface area (Å²) >= 11 is 0. The molecule has 19 heavy (non-hydrogen) atoms. The summed E-state index contributed by atoms with van der Waals surface area (Å²) in [5.41, 5.74) is 3.34. The SMILES string of the molecule is Cc1ccccc1.FC(F)(F)ONc1ccccc1. The Hall–Kier alpha value is -2.01. The number of aryl methyl sites for hydroxylation is 1. The number of anilines is 1. The van der Waals surface area contributed by atoms with Gasteiger partial charge in [0.15, 0.2) is 0 Å². The van der Waals surface area contributed by atoms with E-state index in [0.717, 1.165) is 0 Å². The molecule has 2 aromatic carbocycles. The normalized spacial score (nSPS) is 10.3. The van der Waals surface area contributed by atoms with Gasteiger partial charge in [-0.05, 0) is 19.1 Å². The number of halogens is 3. The lowest BCUT2D eigenvalue weighted by atomic mass is 10.2. The van der Waals surface area contributed by atoms with Crippen molar-refractivity contribution in [2.24, 2.45) is 0 Å². The Balaban J connectivity index is 0.000000218. The molecular weight excluding hydrogens is 255 g/mol. The maximum Gasteiger partial charge on any atom is 0.543 e. The lowest BCUT2D eigenvalue weighted by molar-refractivity contribution is -0.311. The second kappa shape index (κ2) is 7.43. The van der Waals surface area contributed by atoms with Crippen LogP contribution in [0.1, 0.15) is 5.56 Å². The molecule has 0 aliphatic rings. The summed E-state index contributed by atoms with van der Waals surface area (Å²) in [6.45, 7) is 2.08. The van der Waals surface area contributed by atoms with E-state index in [9.17, 15) is 13.2 Å². The largest absolute Gasteiger partial charge is 0.543 e. The molecule has 0 aromatic heterocycles. The Labute approximate surface area is 109 Å². The summed E-state index contributed by atoms with van der Waals surface area (Å²) in [4.78, 5) is 3.37. The van der Waals surface area contributed by atoms with Crippen LogP contribution in [0.2, 0.25) is 0 Å². The quantitative estimate of drug-likeness (QED) is 0.808. The number of rotatable bonds is 2. The highest BCUT2D eigenvalue weighted by Crippen LogP contribution is 2.17. The molecule has 5 heteroatoms. The van der Waals surface area contributed by atoms with E-state index in [1.807, 2.05) is 18.2 Å². The Kier molecular flexibility index (Phi) is 5.89. The Bertz CT molecular complexity index is 457. The van der Waals surface area contributed by atoms with Gasteiger partial charge in [0, 0.05) is 0 Å². The third-order valence-electron chi connectivity index (χ3n) is 2.00. The van der Waals surface area contributed by atoms with Crippen LogP contribution >= 0.6 is 0 Å². The lowest BCUT2D eigenvalue weighted by Crippen LogP contribution is -2.17. The first-order chi connectivity index (χ1) is 8.97. The minimum absolute atomic E-state index is 0.259. The third kappa shape index (κ3) is 7.83. The third-order valence-corrected chi connectivity index (χ3v) is 2.00. The van der Waals surface area contributed by atoms with Crippen molar-refractivity contribution in [1.29, 1.82) is 0 Å². The highest BCUT2D eigenvalue weighted by molar-refractivity contribution is 5.39. The van der Waals surface area contributed by atoms with Crippen LogP contribution in [0.5, 0.6) is 0 Å². The van der Waals surface area contributed by atoms with Crippen molar-refractivity contribution in [2.75, 3.05) is 5.48 Å². The van der Waals surface area contributed by atoms with Gasteiger partial charge in [-0.15, -0.1) is 13.2 Å². The molecule has 1 N–H and O–H groups in total. The van der Waals surface area contributed by atoms with Crippen LogP contribution in [-0.4, -0.2) is 6.36 Å². The molecule has 0 saturated carbocycles. The van der Waals surface area contributed by atoms with Crippen LogP contribution in [0.25, 0.3) is 0 Å². The summed E-state index contributed by atoms with van der Waals surface area (Å²) in [5.74, 6) is 0. The van der Waals surface area contributed by atoms with Gasteiger partial charge in [-0.25, -0.2) is 0 Å². The van der Waals surface area contributed by atoms with E-state index in [2.05, 4.69) is 23.9 Å².